The molecule has 2 rings (SSSR count). The summed E-state index contributed by atoms with van der Waals surface area (Å²) in [6, 6.07) is 13.3. The Kier molecular flexibility index (Phi) is 4.23. The van der Waals surface area contributed by atoms with Crippen molar-refractivity contribution in [3.63, 3.8) is 0 Å². The van der Waals surface area contributed by atoms with E-state index in [-0.39, 0.29) is 5.54 Å². The standard InChI is InChI=1S/C17H24N2/c1-13-4-6-16-11-14(5-7-15(16)10-13)8-9-19-12-17(2,3)18/h4-7,10-11,19H,8-9,12,18H2,1-3H3. The number of hydrogen-bond acceptors (Lipinski definition) is 2. The smallest absolute Gasteiger partial charge is 0.0223 e. The lowest BCUT2D eigenvalue weighted by Gasteiger charge is -2.18. The zero-order valence-electron chi connectivity index (χ0n) is 12.2. The molecule has 3 N–H and O–H groups in total. The van der Waals surface area contributed by atoms with Gasteiger partial charge in [-0.3, -0.25) is 0 Å². The Morgan fingerprint density at radius 1 is 1.05 bits per heavy atom. The van der Waals surface area contributed by atoms with Gasteiger partial charge in [-0.25, -0.2) is 0 Å². The van der Waals surface area contributed by atoms with Crippen LogP contribution in [0.5, 0.6) is 0 Å². The molecule has 0 aliphatic heterocycles. The number of aryl methyl sites for hydroxylation is 1. The molecule has 0 heterocycles. The van der Waals surface area contributed by atoms with Gasteiger partial charge in [0.25, 0.3) is 0 Å². The Bertz CT molecular complexity index is 553. The van der Waals surface area contributed by atoms with Crippen LogP contribution in [0.15, 0.2) is 36.4 Å². The second-order valence-corrected chi connectivity index (χ2v) is 6.10. The zero-order valence-corrected chi connectivity index (χ0v) is 12.2. The monoisotopic (exact) mass is 256 g/mol. The van der Waals surface area contributed by atoms with Crippen molar-refractivity contribution in [2.24, 2.45) is 5.73 Å². The summed E-state index contributed by atoms with van der Waals surface area (Å²) in [5.74, 6) is 0. The van der Waals surface area contributed by atoms with Crippen molar-refractivity contribution in [1.29, 1.82) is 0 Å². The number of hydrogen-bond donors (Lipinski definition) is 2. The van der Waals surface area contributed by atoms with Crippen molar-refractivity contribution in [3.05, 3.63) is 47.5 Å². The largest absolute Gasteiger partial charge is 0.324 e. The fraction of sp³-hybridized carbons (Fsp3) is 0.412. The maximum absolute atomic E-state index is 5.94. The fourth-order valence-corrected chi connectivity index (χ4v) is 2.21. The Balaban J connectivity index is 1.96. The van der Waals surface area contributed by atoms with E-state index in [9.17, 15) is 0 Å². The van der Waals surface area contributed by atoms with Crippen molar-refractivity contribution < 1.29 is 0 Å². The van der Waals surface area contributed by atoms with E-state index in [4.69, 9.17) is 5.73 Å². The fourth-order valence-electron chi connectivity index (χ4n) is 2.21. The van der Waals surface area contributed by atoms with Gasteiger partial charge in [-0.2, -0.15) is 0 Å². The van der Waals surface area contributed by atoms with Crippen LogP contribution in [0, 0.1) is 6.92 Å². The van der Waals surface area contributed by atoms with E-state index in [2.05, 4.69) is 48.6 Å². The van der Waals surface area contributed by atoms with Crippen LogP contribution in [-0.4, -0.2) is 18.6 Å². The van der Waals surface area contributed by atoms with E-state index in [1.807, 2.05) is 13.8 Å². The highest BCUT2D eigenvalue weighted by atomic mass is 14.9. The molecule has 0 aliphatic rings. The van der Waals surface area contributed by atoms with Gasteiger partial charge in [0.1, 0.15) is 0 Å². The number of fused-ring (bicyclic) bond motifs is 1. The van der Waals surface area contributed by atoms with Crippen LogP contribution >= 0.6 is 0 Å². The number of rotatable bonds is 5. The van der Waals surface area contributed by atoms with Crippen LogP contribution in [0.1, 0.15) is 25.0 Å². The van der Waals surface area contributed by atoms with Crippen LogP contribution in [0.2, 0.25) is 0 Å². The number of nitrogens with two attached hydrogens (primary N) is 1. The summed E-state index contributed by atoms with van der Waals surface area (Å²) in [5, 5.41) is 6.05. The molecule has 102 valence electrons. The molecule has 2 aromatic rings. The van der Waals surface area contributed by atoms with E-state index in [0.717, 1.165) is 19.5 Å². The lowest BCUT2D eigenvalue weighted by molar-refractivity contribution is 0.469. The Morgan fingerprint density at radius 2 is 1.74 bits per heavy atom. The van der Waals surface area contributed by atoms with Crippen molar-refractivity contribution in [2.45, 2.75) is 32.7 Å². The molecule has 0 aliphatic carbocycles. The molecule has 0 bridgehead atoms. The van der Waals surface area contributed by atoms with Gasteiger partial charge < -0.3 is 11.1 Å². The molecule has 0 atom stereocenters. The molecule has 0 amide bonds. The average Bonchev–Trinajstić information content (AvgIpc) is 2.33. The van der Waals surface area contributed by atoms with Crippen LogP contribution < -0.4 is 11.1 Å². The summed E-state index contributed by atoms with van der Waals surface area (Å²) >= 11 is 0. The van der Waals surface area contributed by atoms with Crippen LogP contribution in [0.25, 0.3) is 10.8 Å². The molecule has 2 aromatic carbocycles. The molecule has 0 spiro atoms. The van der Waals surface area contributed by atoms with Gasteiger partial charge in [-0.15, -0.1) is 0 Å². The Labute approximate surface area is 116 Å². The van der Waals surface area contributed by atoms with Crippen molar-refractivity contribution in [2.75, 3.05) is 13.1 Å². The van der Waals surface area contributed by atoms with Gasteiger partial charge in [0.15, 0.2) is 0 Å². The van der Waals surface area contributed by atoms with E-state index in [1.54, 1.807) is 0 Å². The summed E-state index contributed by atoms with van der Waals surface area (Å²) in [4.78, 5) is 0. The molecule has 0 saturated carbocycles. The van der Waals surface area contributed by atoms with Crippen molar-refractivity contribution in [1.82, 2.24) is 5.32 Å². The van der Waals surface area contributed by atoms with Gasteiger partial charge >= 0.3 is 0 Å². The summed E-state index contributed by atoms with van der Waals surface area (Å²) in [6.45, 7) is 8.03. The molecule has 0 radical (unpaired) electrons. The minimum absolute atomic E-state index is 0.138. The highest BCUT2D eigenvalue weighted by Gasteiger charge is 2.08. The Morgan fingerprint density at radius 3 is 2.47 bits per heavy atom. The third-order valence-electron chi connectivity index (χ3n) is 3.23. The molecule has 19 heavy (non-hydrogen) atoms. The second kappa shape index (κ2) is 5.72. The summed E-state index contributed by atoms with van der Waals surface area (Å²) in [6.07, 6.45) is 1.04. The average molecular weight is 256 g/mol. The van der Waals surface area contributed by atoms with E-state index >= 15 is 0 Å². The predicted molar refractivity (Wildman–Crippen MR) is 83.5 cm³/mol. The second-order valence-electron chi connectivity index (χ2n) is 6.10. The highest BCUT2D eigenvalue weighted by Crippen LogP contribution is 2.17. The van der Waals surface area contributed by atoms with Gasteiger partial charge in [-0.1, -0.05) is 42.0 Å². The molecule has 2 heteroatoms. The third kappa shape index (κ3) is 4.34. The van der Waals surface area contributed by atoms with Crippen LogP contribution in [0.3, 0.4) is 0 Å². The molecule has 0 fully saturated rings. The van der Waals surface area contributed by atoms with Gasteiger partial charge in [0.05, 0.1) is 0 Å². The van der Waals surface area contributed by atoms with E-state index < -0.39 is 0 Å². The zero-order chi connectivity index (χ0) is 13.9. The van der Waals surface area contributed by atoms with Crippen molar-refractivity contribution in [3.8, 4) is 0 Å². The lowest BCUT2D eigenvalue weighted by atomic mass is 10.0. The molecule has 0 unspecified atom stereocenters. The predicted octanol–water partition coefficient (Wildman–Crippen LogP) is 3.02. The molecule has 0 aromatic heterocycles. The SMILES string of the molecule is Cc1ccc2cc(CCNCC(C)(C)N)ccc2c1. The molecular formula is C17H24N2. The van der Waals surface area contributed by atoms with E-state index in [0.29, 0.717) is 0 Å². The first-order valence-electron chi connectivity index (χ1n) is 6.93. The first-order chi connectivity index (χ1) is 8.94. The number of benzene rings is 2. The maximum Gasteiger partial charge on any atom is 0.0223 e. The van der Waals surface area contributed by atoms with Crippen LogP contribution in [-0.2, 0) is 6.42 Å². The van der Waals surface area contributed by atoms with Crippen LogP contribution in [0.4, 0.5) is 0 Å². The van der Waals surface area contributed by atoms with Gasteiger partial charge in [0.2, 0.25) is 0 Å². The number of nitrogens with one attached hydrogen (secondary N) is 1. The van der Waals surface area contributed by atoms with Gasteiger partial charge in [0, 0.05) is 12.1 Å². The molecular weight excluding hydrogens is 232 g/mol. The highest BCUT2D eigenvalue weighted by molar-refractivity contribution is 5.83. The topological polar surface area (TPSA) is 38.0 Å². The molecule has 2 nitrogen and oxygen atoms in total. The summed E-state index contributed by atoms with van der Waals surface area (Å²) in [5.41, 5.74) is 8.49. The minimum atomic E-state index is -0.138. The normalized spacial score (nSPS) is 12.0. The lowest BCUT2D eigenvalue weighted by Crippen LogP contribution is -2.43. The minimum Gasteiger partial charge on any atom is -0.324 e. The first-order valence-corrected chi connectivity index (χ1v) is 6.93. The summed E-state index contributed by atoms with van der Waals surface area (Å²) < 4.78 is 0. The first kappa shape index (κ1) is 14.0. The molecule has 0 saturated heterocycles. The third-order valence-corrected chi connectivity index (χ3v) is 3.23. The Hall–Kier alpha value is -1.38. The van der Waals surface area contributed by atoms with Gasteiger partial charge in [-0.05, 0) is 50.1 Å². The summed E-state index contributed by atoms with van der Waals surface area (Å²) in [7, 11) is 0. The quantitative estimate of drug-likeness (QED) is 0.807. The van der Waals surface area contributed by atoms with E-state index in [1.165, 1.54) is 21.9 Å². The van der Waals surface area contributed by atoms with Crippen molar-refractivity contribution >= 4 is 10.8 Å². The maximum atomic E-state index is 5.94.